The first-order valence-electron chi connectivity index (χ1n) is 7.06. The van der Waals surface area contributed by atoms with E-state index in [0.717, 1.165) is 31.7 Å². The van der Waals surface area contributed by atoms with Crippen LogP contribution < -0.4 is 10.6 Å². The molecule has 8 heteroatoms. The summed E-state index contributed by atoms with van der Waals surface area (Å²) in [6.45, 7) is 0.528. The summed E-state index contributed by atoms with van der Waals surface area (Å²) < 4.78 is 13.3. The molecule has 0 spiro atoms. The zero-order valence-electron chi connectivity index (χ0n) is 11.8. The molecule has 22 heavy (non-hydrogen) atoms. The minimum atomic E-state index is -0.814. The van der Waals surface area contributed by atoms with Gasteiger partial charge in [0, 0.05) is 19.0 Å². The SMILES string of the molecule is O=C(NCCNC(=O)C1CCCC1)c1cc(F)c(Cl)nc1Cl. The molecule has 5 nitrogen and oxygen atoms in total. The Hall–Kier alpha value is -1.40. The van der Waals surface area contributed by atoms with Crippen molar-refractivity contribution in [2.75, 3.05) is 13.1 Å². The van der Waals surface area contributed by atoms with Crippen molar-refractivity contribution in [2.45, 2.75) is 25.7 Å². The molecule has 120 valence electrons. The van der Waals surface area contributed by atoms with E-state index in [1.165, 1.54) is 0 Å². The van der Waals surface area contributed by atoms with E-state index in [-0.39, 0.29) is 34.2 Å². The number of hydrogen-bond acceptors (Lipinski definition) is 3. The van der Waals surface area contributed by atoms with Crippen LogP contribution in [0.15, 0.2) is 6.07 Å². The fraction of sp³-hybridized carbons (Fsp3) is 0.500. The maximum Gasteiger partial charge on any atom is 0.254 e. The number of carbonyl (C=O) groups excluding carboxylic acids is 2. The van der Waals surface area contributed by atoms with Gasteiger partial charge in [-0.3, -0.25) is 9.59 Å². The monoisotopic (exact) mass is 347 g/mol. The van der Waals surface area contributed by atoms with Crippen LogP contribution in [0.3, 0.4) is 0 Å². The minimum Gasteiger partial charge on any atom is -0.354 e. The van der Waals surface area contributed by atoms with E-state index in [1.54, 1.807) is 0 Å². The highest BCUT2D eigenvalue weighted by Gasteiger charge is 2.22. The van der Waals surface area contributed by atoms with Gasteiger partial charge in [0.15, 0.2) is 11.0 Å². The van der Waals surface area contributed by atoms with Crippen LogP contribution in [0, 0.1) is 11.7 Å². The first-order chi connectivity index (χ1) is 10.5. The number of nitrogens with one attached hydrogen (secondary N) is 2. The van der Waals surface area contributed by atoms with E-state index in [0.29, 0.717) is 6.54 Å². The molecule has 0 bridgehead atoms. The van der Waals surface area contributed by atoms with Gasteiger partial charge in [0.2, 0.25) is 5.91 Å². The molecule has 2 N–H and O–H groups in total. The van der Waals surface area contributed by atoms with Gasteiger partial charge in [-0.25, -0.2) is 9.37 Å². The van der Waals surface area contributed by atoms with Gasteiger partial charge in [-0.05, 0) is 18.9 Å². The maximum atomic E-state index is 13.3. The lowest BCUT2D eigenvalue weighted by molar-refractivity contribution is -0.124. The third-order valence-corrected chi connectivity index (χ3v) is 4.12. The van der Waals surface area contributed by atoms with Crippen molar-refractivity contribution in [3.8, 4) is 0 Å². The van der Waals surface area contributed by atoms with Crippen LogP contribution in [0.2, 0.25) is 10.3 Å². The second kappa shape index (κ2) is 7.74. The topological polar surface area (TPSA) is 71.1 Å². The van der Waals surface area contributed by atoms with Crippen LogP contribution >= 0.6 is 23.2 Å². The number of carbonyl (C=O) groups is 2. The molecule has 1 aromatic rings. The standard InChI is InChI=1S/C14H16Cl2FN3O2/c15-11-9(7-10(17)12(16)20-11)14(22)19-6-5-18-13(21)8-3-1-2-4-8/h7-8H,1-6H2,(H,18,21)(H,19,22). The Morgan fingerprint density at radius 1 is 1.18 bits per heavy atom. The fourth-order valence-corrected chi connectivity index (χ4v) is 2.80. The van der Waals surface area contributed by atoms with Crippen LogP contribution in [0.25, 0.3) is 0 Å². The first-order valence-corrected chi connectivity index (χ1v) is 7.82. The van der Waals surface area contributed by atoms with Gasteiger partial charge < -0.3 is 10.6 Å². The number of amides is 2. The lowest BCUT2D eigenvalue weighted by Crippen LogP contribution is -2.37. The predicted molar refractivity (Wildman–Crippen MR) is 81.5 cm³/mol. The molecular formula is C14H16Cl2FN3O2. The molecule has 2 rings (SSSR count). The van der Waals surface area contributed by atoms with Crippen molar-refractivity contribution < 1.29 is 14.0 Å². The van der Waals surface area contributed by atoms with Crippen LogP contribution in [0.1, 0.15) is 36.0 Å². The molecule has 0 saturated heterocycles. The van der Waals surface area contributed by atoms with Crippen LogP contribution in [-0.4, -0.2) is 29.9 Å². The van der Waals surface area contributed by atoms with Crippen molar-refractivity contribution in [1.82, 2.24) is 15.6 Å². The molecule has 2 amide bonds. The van der Waals surface area contributed by atoms with Crippen molar-refractivity contribution in [3.63, 3.8) is 0 Å². The summed E-state index contributed by atoms with van der Waals surface area (Å²) in [6.07, 6.45) is 4.01. The van der Waals surface area contributed by atoms with E-state index in [4.69, 9.17) is 23.2 Å². The Morgan fingerprint density at radius 3 is 2.50 bits per heavy atom. The Bertz CT molecular complexity index is 577. The molecule has 1 aromatic heterocycles. The van der Waals surface area contributed by atoms with Crippen molar-refractivity contribution in [1.29, 1.82) is 0 Å². The average molecular weight is 348 g/mol. The summed E-state index contributed by atoms with van der Waals surface area (Å²) in [7, 11) is 0. The van der Waals surface area contributed by atoms with Gasteiger partial charge >= 0.3 is 0 Å². The Balaban J connectivity index is 1.78. The predicted octanol–water partition coefficient (Wildman–Crippen LogP) is 2.56. The molecule has 1 saturated carbocycles. The second-order valence-electron chi connectivity index (χ2n) is 5.13. The number of nitrogens with zero attached hydrogens (tertiary/aromatic N) is 1. The Labute approximate surface area is 137 Å². The zero-order chi connectivity index (χ0) is 16.1. The second-order valence-corrected chi connectivity index (χ2v) is 5.84. The number of rotatable bonds is 5. The smallest absolute Gasteiger partial charge is 0.254 e. The summed E-state index contributed by atoms with van der Waals surface area (Å²) in [5.41, 5.74) is -0.0920. The van der Waals surface area contributed by atoms with Crippen molar-refractivity contribution in [2.24, 2.45) is 5.92 Å². The molecule has 0 radical (unpaired) electrons. The van der Waals surface area contributed by atoms with E-state index < -0.39 is 11.7 Å². The molecule has 1 aliphatic rings. The van der Waals surface area contributed by atoms with E-state index in [2.05, 4.69) is 15.6 Å². The van der Waals surface area contributed by atoms with Crippen LogP contribution in [-0.2, 0) is 4.79 Å². The van der Waals surface area contributed by atoms with Gasteiger partial charge in [-0.15, -0.1) is 0 Å². The lowest BCUT2D eigenvalue weighted by Gasteiger charge is -2.11. The van der Waals surface area contributed by atoms with Gasteiger partial charge in [-0.2, -0.15) is 0 Å². The lowest BCUT2D eigenvalue weighted by atomic mass is 10.1. The molecule has 0 aromatic carbocycles. The highest BCUT2D eigenvalue weighted by molar-refractivity contribution is 6.34. The van der Waals surface area contributed by atoms with Crippen molar-refractivity contribution in [3.05, 3.63) is 27.8 Å². The summed E-state index contributed by atoms with van der Waals surface area (Å²) >= 11 is 11.2. The molecule has 1 aliphatic carbocycles. The normalized spacial score (nSPS) is 14.9. The van der Waals surface area contributed by atoms with Gasteiger partial charge in [0.25, 0.3) is 5.91 Å². The summed E-state index contributed by atoms with van der Waals surface area (Å²) in [5, 5.41) is 4.76. The average Bonchev–Trinajstić information content (AvgIpc) is 3.01. The van der Waals surface area contributed by atoms with E-state index in [9.17, 15) is 14.0 Å². The molecule has 0 unspecified atom stereocenters. The third-order valence-electron chi connectivity index (χ3n) is 3.57. The Morgan fingerprint density at radius 2 is 1.82 bits per heavy atom. The molecular weight excluding hydrogens is 332 g/mol. The van der Waals surface area contributed by atoms with Crippen molar-refractivity contribution >= 4 is 35.0 Å². The quantitative estimate of drug-likeness (QED) is 0.635. The van der Waals surface area contributed by atoms with Gasteiger partial charge in [-0.1, -0.05) is 36.0 Å². The highest BCUT2D eigenvalue weighted by Crippen LogP contribution is 2.24. The first kappa shape index (κ1) is 17.0. The number of aromatic nitrogens is 1. The molecule has 1 fully saturated rings. The van der Waals surface area contributed by atoms with E-state index >= 15 is 0 Å². The fourth-order valence-electron chi connectivity index (χ4n) is 2.39. The zero-order valence-corrected chi connectivity index (χ0v) is 13.3. The summed E-state index contributed by atoms with van der Waals surface area (Å²) in [5.74, 6) is -1.28. The van der Waals surface area contributed by atoms with E-state index in [1.807, 2.05) is 0 Å². The third kappa shape index (κ3) is 4.30. The van der Waals surface area contributed by atoms with Crippen LogP contribution in [0.5, 0.6) is 0 Å². The maximum absolute atomic E-state index is 13.3. The Kier molecular flexibility index (Phi) is 5.97. The largest absolute Gasteiger partial charge is 0.354 e. The molecule has 0 atom stereocenters. The summed E-state index contributed by atoms with van der Waals surface area (Å²) in [4.78, 5) is 27.2. The van der Waals surface area contributed by atoms with Gasteiger partial charge in [0.1, 0.15) is 5.15 Å². The van der Waals surface area contributed by atoms with Crippen LogP contribution in [0.4, 0.5) is 4.39 Å². The number of hydrogen-bond donors (Lipinski definition) is 2. The number of pyridine rings is 1. The molecule has 0 aliphatic heterocycles. The summed E-state index contributed by atoms with van der Waals surface area (Å²) in [6, 6.07) is 0.935. The molecule has 1 heterocycles. The minimum absolute atomic E-state index is 0.0176. The highest BCUT2D eigenvalue weighted by atomic mass is 35.5. The number of halogens is 3. The van der Waals surface area contributed by atoms with Gasteiger partial charge in [0.05, 0.1) is 5.56 Å².